The molecule has 2 fully saturated rings. The van der Waals surface area contributed by atoms with E-state index in [0.29, 0.717) is 31.8 Å². The van der Waals surface area contributed by atoms with Crippen LogP contribution >= 0.6 is 0 Å². The predicted octanol–water partition coefficient (Wildman–Crippen LogP) is 0.546. The minimum atomic E-state index is -0.641. The third-order valence-electron chi connectivity index (χ3n) is 5.76. The van der Waals surface area contributed by atoms with Crippen LogP contribution in [0.4, 0.5) is 4.79 Å². The van der Waals surface area contributed by atoms with Crippen molar-refractivity contribution in [1.29, 1.82) is 0 Å². The number of urea groups is 1. The molecule has 29 heavy (non-hydrogen) atoms. The summed E-state index contributed by atoms with van der Waals surface area (Å²) in [5.41, 5.74) is 1.60. The molecule has 10 heteroatoms. The lowest BCUT2D eigenvalue weighted by atomic mass is 10.0. The number of aliphatic imine (C=N–C) groups is 1. The monoisotopic (exact) mass is 406 g/mol. The molecule has 1 aliphatic carbocycles. The zero-order valence-electron chi connectivity index (χ0n) is 16.5. The molecule has 0 spiro atoms. The fourth-order valence-corrected chi connectivity index (χ4v) is 4.22. The smallest absolute Gasteiger partial charge is 0.321 e. The van der Waals surface area contributed by atoms with Gasteiger partial charge in [-0.1, -0.05) is 25.7 Å². The van der Waals surface area contributed by atoms with Crippen LogP contribution in [0.5, 0.6) is 0 Å². The molecule has 2 heterocycles. The zero-order chi connectivity index (χ0) is 20.6. The van der Waals surface area contributed by atoms with E-state index in [4.69, 9.17) is 5.21 Å². The van der Waals surface area contributed by atoms with Crippen molar-refractivity contribution in [3.8, 4) is 0 Å². The number of nitrogens with one attached hydrogen (secondary N) is 3. The van der Waals surface area contributed by atoms with Gasteiger partial charge in [0.1, 0.15) is 12.6 Å². The quantitative estimate of drug-likeness (QED) is 0.363. The van der Waals surface area contributed by atoms with Crippen LogP contribution in [0.15, 0.2) is 17.3 Å². The van der Waals surface area contributed by atoms with Gasteiger partial charge >= 0.3 is 6.03 Å². The van der Waals surface area contributed by atoms with Crippen LogP contribution in [-0.2, 0) is 9.59 Å². The van der Waals surface area contributed by atoms with Crippen LogP contribution in [0.3, 0.4) is 0 Å². The van der Waals surface area contributed by atoms with Gasteiger partial charge in [-0.25, -0.2) is 15.3 Å². The molecule has 0 bridgehead atoms. The van der Waals surface area contributed by atoms with Crippen LogP contribution in [0.1, 0.15) is 44.9 Å². The van der Waals surface area contributed by atoms with Gasteiger partial charge in [0, 0.05) is 25.5 Å². The number of hydrogen-bond acceptors (Lipinski definition) is 6. The molecule has 160 valence electrons. The van der Waals surface area contributed by atoms with Crippen LogP contribution in [-0.4, -0.2) is 71.0 Å². The molecule has 4 amide bonds. The summed E-state index contributed by atoms with van der Waals surface area (Å²) in [5, 5.41) is 14.6. The fourth-order valence-electron chi connectivity index (χ4n) is 4.22. The van der Waals surface area contributed by atoms with Crippen LogP contribution < -0.4 is 16.1 Å². The van der Waals surface area contributed by atoms with Crippen molar-refractivity contribution >= 4 is 24.1 Å². The summed E-state index contributed by atoms with van der Waals surface area (Å²) >= 11 is 0. The van der Waals surface area contributed by atoms with Crippen molar-refractivity contribution < 1.29 is 19.6 Å². The number of rotatable bonds is 7. The van der Waals surface area contributed by atoms with Crippen molar-refractivity contribution in [3.05, 3.63) is 12.3 Å². The number of nitrogens with zero attached hydrogens (tertiary/aromatic N) is 3. The van der Waals surface area contributed by atoms with E-state index >= 15 is 0 Å². The highest BCUT2D eigenvalue weighted by Gasteiger charge is 2.37. The third-order valence-corrected chi connectivity index (χ3v) is 5.76. The van der Waals surface area contributed by atoms with E-state index in [2.05, 4.69) is 15.6 Å². The average molecular weight is 406 g/mol. The standard InChI is InChI=1S/C19H30N6O4/c26-16(23-29)13-24(12-8-14-5-1-2-6-14)19(28)25-11-3-7-15(25)17(27)22-18-20-9-4-10-21-18/h4,9-10,14-15,18,20,29H,1-3,5-8,11-13H2,(H,22,27)(H,23,26)/t15-,18?/m0/s1. The normalized spacial score (nSPS) is 23.7. The van der Waals surface area contributed by atoms with E-state index in [1.165, 1.54) is 22.6 Å². The zero-order valence-corrected chi connectivity index (χ0v) is 16.5. The highest BCUT2D eigenvalue weighted by Crippen LogP contribution is 2.28. The van der Waals surface area contributed by atoms with Gasteiger partial charge in [-0.15, -0.1) is 0 Å². The second-order valence-electron chi connectivity index (χ2n) is 7.76. The van der Waals surface area contributed by atoms with Gasteiger partial charge in [0.05, 0.1) is 0 Å². The Hall–Kier alpha value is -2.62. The van der Waals surface area contributed by atoms with E-state index in [9.17, 15) is 14.4 Å². The van der Waals surface area contributed by atoms with Gasteiger partial charge in [-0.3, -0.25) is 14.8 Å². The van der Waals surface area contributed by atoms with Crippen LogP contribution in [0.25, 0.3) is 0 Å². The Labute approximate surface area is 170 Å². The lowest BCUT2D eigenvalue weighted by Crippen LogP contribution is -2.55. The highest BCUT2D eigenvalue weighted by molar-refractivity contribution is 5.89. The molecule has 2 aliphatic heterocycles. The summed E-state index contributed by atoms with van der Waals surface area (Å²) in [4.78, 5) is 44.7. The van der Waals surface area contributed by atoms with Crippen molar-refractivity contribution in [2.24, 2.45) is 10.9 Å². The lowest BCUT2D eigenvalue weighted by molar-refractivity contribution is -0.130. The van der Waals surface area contributed by atoms with Gasteiger partial charge in [0.2, 0.25) is 5.91 Å². The van der Waals surface area contributed by atoms with Gasteiger partial charge < -0.3 is 20.4 Å². The first kappa shape index (κ1) is 21.1. The molecule has 0 aromatic carbocycles. The summed E-state index contributed by atoms with van der Waals surface area (Å²) in [7, 11) is 0. The van der Waals surface area contributed by atoms with Gasteiger partial charge in [-0.2, -0.15) is 0 Å². The molecule has 0 radical (unpaired) electrons. The second kappa shape index (κ2) is 10.2. The summed E-state index contributed by atoms with van der Waals surface area (Å²) in [5.74, 6) is -0.357. The van der Waals surface area contributed by atoms with Crippen molar-refractivity contribution in [3.63, 3.8) is 0 Å². The number of hydroxylamine groups is 1. The summed E-state index contributed by atoms with van der Waals surface area (Å²) < 4.78 is 0. The highest BCUT2D eigenvalue weighted by atomic mass is 16.5. The summed E-state index contributed by atoms with van der Waals surface area (Å²) in [6.07, 6.45) is 11.3. The molecule has 2 atom stereocenters. The topological polar surface area (TPSA) is 126 Å². The van der Waals surface area contributed by atoms with Gasteiger partial charge in [0.25, 0.3) is 5.91 Å². The van der Waals surface area contributed by atoms with Crippen LogP contribution in [0, 0.1) is 5.92 Å². The van der Waals surface area contributed by atoms with E-state index in [1.807, 2.05) is 0 Å². The molecule has 0 aromatic rings. The Morgan fingerprint density at radius 3 is 2.69 bits per heavy atom. The van der Waals surface area contributed by atoms with Gasteiger partial charge in [-0.05, 0) is 31.3 Å². The van der Waals surface area contributed by atoms with E-state index in [1.54, 1.807) is 24.0 Å². The van der Waals surface area contributed by atoms with Crippen molar-refractivity contribution in [2.75, 3.05) is 19.6 Å². The molecule has 1 saturated heterocycles. The number of carbonyl (C=O) groups excluding carboxylic acids is 3. The minimum absolute atomic E-state index is 0.230. The second-order valence-corrected chi connectivity index (χ2v) is 7.76. The van der Waals surface area contributed by atoms with E-state index in [0.717, 1.165) is 19.3 Å². The maximum absolute atomic E-state index is 13.2. The molecule has 0 aromatic heterocycles. The number of likely N-dealkylation sites (tertiary alicyclic amines) is 1. The SMILES string of the molecule is O=C(CN(CCC1CCCC1)C(=O)N1CCC[C@H]1C(=O)NC1N=CC=CN1)NO. The van der Waals surface area contributed by atoms with Crippen LogP contribution in [0.2, 0.25) is 0 Å². The number of allylic oxidation sites excluding steroid dienone is 1. The fraction of sp³-hybridized carbons (Fsp3) is 0.684. The molecular weight excluding hydrogens is 376 g/mol. The van der Waals surface area contributed by atoms with Crippen molar-refractivity contribution in [2.45, 2.75) is 57.3 Å². The number of hydrogen-bond donors (Lipinski definition) is 4. The Morgan fingerprint density at radius 1 is 1.21 bits per heavy atom. The maximum atomic E-state index is 13.2. The summed E-state index contributed by atoms with van der Waals surface area (Å²) in [6.45, 7) is 0.659. The molecule has 3 rings (SSSR count). The van der Waals surface area contributed by atoms with E-state index in [-0.39, 0.29) is 18.5 Å². The average Bonchev–Trinajstić information content (AvgIpc) is 3.43. The van der Waals surface area contributed by atoms with Crippen molar-refractivity contribution in [1.82, 2.24) is 25.9 Å². The molecule has 1 unspecified atom stereocenters. The minimum Gasteiger partial charge on any atom is -0.353 e. The first-order valence-corrected chi connectivity index (χ1v) is 10.3. The molecule has 10 nitrogen and oxygen atoms in total. The maximum Gasteiger partial charge on any atom is 0.321 e. The molecule has 1 saturated carbocycles. The number of amides is 4. The van der Waals surface area contributed by atoms with E-state index < -0.39 is 18.2 Å². The Bertz CT molecular complexity index is 661. The molecular formula is C19H30N6O4. The lowest BCUT2D eigenvalue weighted by Gasteiger charge is -2.32. The number of carbonyl (C=O) groups is 3. The Morgan fingerprint density at radius 2 is 2.00 bits per heavy atom. The van der Waals surface area contributed by atoms with Gasteiger partial charge in [0.15, 0.2) is 6.29 Å². The first-order valence-electron chi connectivity index (χ1n) is 10.3. The Kier molecular flexibility index (Phi) is 7.45. The summed E-state index contributed by atoms with van der Waals surface area (Å²) in [6, 6.07) is -0.944. The first-order chi connectivity index (χ1) is 14.1. The molecule has 4 N–H and O–H groups in total. The third kappa shape index (κ3) is 5.69. The molecule has 3 aliphatic rings. The predicted molar refractivity (Wildman–Crippen MR) is 106 cm³/mol. The largest absolute Gasteiger partial charge is 0.353 e. The Balaban J connectivity index is 1.62.